The van der Waals surface area contributed by atoms with E-state index in [0.29, 0.717) is 10.7 Å². The van der Waals surface area contributed by atoms with E-state index in [9.17, 15) is 5.11 Å². The number of hydrogen-bond donors (Lipinski definition) is 2. The zero-order valence-electron chi connectivity index (χ0n) is 9.19. The van der Waals surface area contributed by atoms with Crippen molar-refractivity contribution in [3.63, 3.8) is 0 Å². The molecule has 0 aromatic heterocycles. The number of anilines is 2. The van der Waals surface area contributed by atoms with Crippen LogP contribution in [0.25, 0.3) is 0 Å². The first-order valence-electron chi connectivity index (χ1n) is 5.65. The average Bonchev–Trinajstić information content (AvgIpc) is 2.29. The lowest BCUT2D eigenvalue weighted by molar-refractivity contribution is 0.240. The van der Waals surface area contributed by atoms with Crippen LogP contribution >= 0.6 is 11.6 Å². The van der Waals surface area contributed by atoms with Crippen LogP contribution in [0, 0.1) is 0 Å². The maximum atomic E-state index is 9.36. The first kappa shape index (κ1) is 11.6. The van der Waals surface area contributed by atoms with Crippen LogP contribution in [0.15, 0.2) is 18.2 Å². The van der Waals surface area contributed by atoms with Crippen molar-refractivity contribution < 1.29 is 5.11 Å². The Hall–Kier alpha value is -0.930. The molecule has 88 valence electrons. The van der Waals surface area contributed by atoms with Gasteiger partial charge in [-0.15, -0.1) is 0 Å². The fourth-order valence-corrected chi connectivity index (χ4v) is 2.56. The van der Waals surface area contributed by atoms with Gasteiger partial charge in [-0.1, -0.05) is 11.6 Å². The molecule has 1 heterocycles. The number of nitrogens with two attached hydrogens (primary N) is 1. The summed E-state index contributed by atoms with van der Waals surface area (Å²) in [5.74, 6) is 0. The molecular weight excluding hydrogens is 224 g/mol. The quantitative estimate of drug-likeness (QED) is 0.780. The summed E-state index contributed by atoms with van der Waals surface area (Å²) >= 11 is 6.18. The highest BCUT2D eigenvalue weighted by Gasteiger charge is 2.23. The predicted molar refractivity (Wildman–Crippen MR) is 67.9 cm³/mol. The predicted octanol–water partition coefficient (Wildman–Crippen LogP) is 2.27. The van der Waals surface area contributed by atoms with Crippen LogP contribution in [0.5, 0.6) is 0 Å². The van der Waals surface area contributed by atoms with Crippen molar-refractivity contribution in [1.82, 2.24) is 0 Å². The third-order valence-electron chi connectivity index (χ3n) is 3.12. The summed E-state index contributed by atoms with van der Waals surface area (Å²) in [6.45, 7) is 1.13. The van der Waals surface area contributed by atoms with Crippen molar-refractivity contribution >= 4 is 23.0 Å². The number of nitrogens with zero attached hydrogens (tertiary/aromatic N) is 1. The largest absolute Gasteiger partial charge is 0.399 e. The fraction of sp³-hybridized carbons (Fsp3) is 0.500. The van der Waals surface area contributed by atoms with Crippen LogP contribution in [0.4, 0.5) is 11.4 Å². The molecule has 0 bridgehead atoms. The molecule has 1 unspecified atom stereocenters. The summed E-state index contributed by atoms with van der Waals surface area (Å²) in [6, 6.07) is 5.74. The number of halogens is 1. The minimum Gasteiger partial charge on any atom is -0.399 e. The van der Waals surface area contributed by atoms with Gasteiger partial charge in [0.2, 0.25) is 0 Å². The molecule has 1 aromatic carbocycles. The van der Waals surface area contributed by atoms with E-state index in [-0.39, 0.29) is 12.6 Å². The molecule has 0 spiro atoms. The minimum absolute atomic E-state index is 0.181. The van der Waals surface area contributed by atoms with Gasteiger partial charge in [0.15, 0.2) is 0 Å². The van der Waals surface area contributed by atoms with Crippen LogP contribution in [-0.4, -0.2) is 24.3 Å². The molecule has 1 fully saturated rings. The first-order chi connectivity index (χ1) is 7.72. The normalized spacial score (nSPS) is 21.1. The molecule has 1 saturated heterocycles. The molecule has 0 radical (unpaired) electrons. The van der Waals surface area contributed by atoms with Crippen LogP contribution in [0.3, 0.4) is 0 Å². The molecule has 0 aliphatic carbocycles. The highest BCUT2D eigenvalue weighted by molar-refractivity contribution is 6.33. The summed E-state index contributed by atoms with van der Waals surface area (Å²) in [6.07, 6.45) is 3.35. The van der Waals surface area contributed by atoms with Crippen molar-refractivity contribution in [2.45, 2.75) is 25.3 Å². The number of rotatable bonds is 2. The SMILES string of the molecule is Nc1ccc(N2CCCCC2CO)c(Cl)c1. The summed E-state index contributed by atoms with van der Waals surface area (Å²) in [7, 11) is 0. The molecule has 3 N–H and O–H groups in total. The summed E-state index contributed by atoms with van der Waals surface area (Å²) < 4.78 is 0. The Balaban J connectivity index is 2.27. The Kier molecular flexibility index (Phi) is 3.56. The topological polar surface area (TPSA) is 49.5 Å². The van der Waals surface area contributed by atoms with E-state index < -0.39 is 0 Å². The molecule has 0 saturated carbocycles. The molecule has 3 nitrogen and oxygen atoms in total. The van der Waals surface area contributed by atoms with Gasteiger partial charge >= 0.3 is 0 Å². The number of aliphatic hydroxyl groups is 1. The van der Waals surface area contributed by atoms with Gasteiger partial charge in [-0.05, 0) is 37.5 Å². The number of aliphatic hydroxyl groups excluding tert-OH is 1. The molecule has 1 aromatic rings. The van der Waals surface area contributed by atoms with E-state index in [1.54, 1.807) is 6.07 Å². The number of benzene rings is 1. The second kappa shape index (κ2) is 4.93. The molecule has 1 aliphatic rings. The minimum atomic E-state index is 0.181. The smallest absolute Gasteiger partial charge is 0.0660 e. The van der Waals surface area contributed by atoms with Gasteiger partial charge in [0.25, 0.3) is 0 Å². The fourth-order valence-electron chi connectivity index (χ4n) is 2.26. The molecule has 1 atom stereocenters. The average molecular weight is 241 g/mol. The van der Waals surface area contributed by atoms with Gasteiger partial charge < -0.3 is 15.7 Å². The summed E-state index contributed by atoms with van der Waals surface area (Å²) in [5.41, 5.74) is 7.33. The molecule has 2 rings (SSSR count). The number of nitrogen functional groups attached to an aromatic ring is 1. The lowest BCUT2D eigenvalue weighted by Gasteiger charge is -2.37. The molecule has 16 heavy (non-hydrogen) atoms. The Morgan fingerprint density at radius 1 is 1.44 bits per heavy atom. The van der Waals surface area contributed by atoms with Crippen molar-refractivity contribution in [3.8, 4) is 0 Å². The standard InChI is InChI=1S/C12H17ClN2O/c13-11-7-9(14)4-5-12(11)15-6-2-1-3-10(15)8-16/h4-5,7,10,16H,1-3,6,8,14H2. The van der Waals surface area contributed by atoms with E-state index in [0.717, 1.165) is 25.1 Å². The van der Waals surface area contributed by atoms with Gasteiger partial charge in [-0.25, -0.2) is 0 Å². The third kappa shape index (κ3) is 2.25. The van der Waals surface area contributed by atoms with Gasteiger partial charge in [0.1, 0.15) is 0 Å². The van der Waals surface area contributed by atoms with Crippen LogP contribution in [-0.2, 0) is 0 Å². The monoisotopic (exact) mass is 240 g/mol. The van der Waals surface area contributed by atoms with Crippen molar-refractivity contribution in [2.24, 2.45) is 0 Å². The Bertz CT molecular complexity index is 370. The Labute approximate surface area is 101 Å². The Morgan fingerprint density at radius 2 is 2.25 bits per heavy atom. The Morgan fingerprint density at radius 3 is 2.94 bits per heavy atom. The van der Waals surface area contributed by atoms with E-state index in [2.05, 4.69) is 4.90 Å². The maximum absolute atomic E-state index is 9.36. The maximum Gasteiger partial charge on any atom is 0.0660 e. The van der Waals surface area contributed by atoms with Gasteiger partial charge in [-0.2, -0.15) is 0 Å². The molecule has 0 amide bonds. The lowest BCUT2D eigenvalue weighted by Crippen LogP contribution is -2.42. The third-order valence-corrected chi connectivity index (χ3v) is 3.42. The zero-order valence-corrected chi connectivity index (χ0v) is 9.95. The van der Waals surface area contributed by atoms with Crippen LogP contribution < -0.4 is 10.6 Å². The first-order valence-corrected chi connectivity index (χ1v) is 6.02. The highest BCUT2D eigenvalue weighted by atomic mass is 35.5. The van der Waals surface area contributed by atoms with E-state index in [4.69, 9.17) is 17.3 Å². The second-order valence-corrected chi connectivity index (χ2v) is 4.64. The molecule has 4 heteroatoms. The number of hydrogen-bond acceptors (Lipinski definition) is 3. The highest BCUT2D eigenvalue weighted by Crippen LogP contribution is 2.32. The van der Waals surface area contributed by atoms with Crippen molar-refractivity contribution in [3.05, 3.63) is 23.2 Å². The molecule has 1 aliphatic heterocycles. The van der Waals surface area contributed by atoms with Gasteiger partial charge in [0.05, 0.1) is 23.4 Å². The van der Waals surface area contributed by atoms with E-state index in [1.165, 1.54) is 6.42 Å². The van der Waals surface area contributed by atoms with Gasteiger partial charge in [0, 0.05) is 12.2 Å². The summed E-state index contributed by atoms with van der Waals surface area (Å²) in [4.78, 5) is 2.19. The second-order valence-electron chi connectivity index (χ2n) is 4.24. The summed E-state index contributed by atoms with van der Waals surface area (Å²) in [5, 5.41) is 10.0. The van der Waals surface area contributed by atoms with E-state index in [1.807, 2.05) is 12.1 Å². The van der Waals surface area contributed by atoms with Gasteiger partial charge in [-0.3, -0.25) is 0 Å². The zero-order chi connectivity index (χ0) is 11.5. The van der Waals surface area contributed by atoms with Crippen molar-refractivity contribution in [2.75, 3.05) is 23.8 Å². The van der Waals surface area contributed by atoms with Crippen molar-refractivity contribution in [1.29, 1.82) is 0 Å². The van der Waals surface area contributed by atoms with Crippen LogP contribution in [0.2, 0.25) is 5.02 Å². The lowest BCUT2D eigenvalue weighted by atomic mass is 10.0. The van der Waals surface area contributed by atoms with E-state index >= 15 is 0 Å². The van der Waals surface area contributed by atoms with Crippen LogP contribution in [0.1, 0.15) is 19.3 Å². The molecular formula is C12H17ClN2O. The number of piperidine rings is 1.